The number of rotatable bonds is 4. The van der Waals surface area contributed by atoms with Gasteiger partial charge in [0, 0.05) is 6.54 Å². The molecule has 0 unspecified atom stereocenters. The molecule has 0 radical (unpaired) electrons. The molecule has 0 aliphatic rings. The smallest absolute Gasteiger partial charge is 0.0205 e. The maximum absolute atomic E-state index is 3.90. The van der Waals surface area contributed by atoms with Crippen molar-refractivity contribution in [2.24, 2.45) is 0 Å². The second-order valence-electron chi connectivity index (χ2n) is 3.26. The molecule has 1 nitrogen and oxygen atoms in total. The Kier molecular flexibility index (Phi) is 3.71. The molecule has 0 bridgehead atoms. The van der Waals surface area contributed by atoms with E-state index in [1.165, 1.54) is 11.1 Å². The second-order valence-corrected chi connectivity index (χ2v) is 3.26. The van der Waals surface area contributed by atoms with Crippen molar-refractivity contribution in [3.63, 3.8) is 0 Å². The molecule has 0 amide bonds. The molecule has 0 aromatic heterocycles. The SMILES string of the molecule is C=C(C)c1ccc(CNCC)cc1. The Hall–Kier alpha value is -1.08. The molecule has 1 heteroatoms. The van der Waals surface area contributed by atoms with Crippen molar-refractivity contribution in [3.8, 4) is 0 Å². The Morgan fingerprint density at radius 3 is 2.38 bits per heavy atom. The Balaban J connectivity index is 2.64. The topological polar surface area (TPSA) is 12.0 Å². The lowest BCUT2D eigenvalue weighted by Gasteiger charge is -2.03. The van der Waals surface area contributed by atoms with Crippen LogP contribution >= 0.6 is 0 Å². The van der Waals surface area contributed by atoms with E-state index in [9.17, 15) is 0 Å². The van der Waals surface area contributed by atoms with Crippen molar-refractivity contribution < 1.29 is 0 Å². The van der Waals surface area contributed by atoms with Gasteiger partial charge >= 0.3 is 0 Å². The molecule has 0 spiro atoms. The van der Waals surface area contributed by atoms with Gasteiger partial charge in [0.15, 0.2) is 0 Å². The summed E-state index contributed by atoms with van der Waals surface area (Å²) in [6.45, 7) is 10.0. The fourth-order valence-corrected chi connectivity index (χ4v) is 1.18. The van der Waals surface area contributed by atoms with Crippen LogP contribution in [0.2, 0.25) is 0 Å². The van der Waals surface area contributed by atoms with Crippen LogP contribution in [0.5, 0.6) is 0 Å². The van der Waals surface area contributed by atoms with E-state index in [4.69, 9.17) is 0 Å². The maximum Gasteiger partial charge on any atom is 0.0205 e. The lowest BCUT2D eigenvalue weighted by atomic mass is 10.1. The first-order chi connectivity index (χ1) is 6.24. The number of allylic oxidation sites excluding steroid dienone is 1. The first-order valence-corrected chi connectivity index (χ1v) is 4.69. The Morgan fingerprint density at radius 2 is 1.92 bits per heavy atom. The summed E-state index contributed by atoms with van der Waals surface area (Å²) in [5.74, 6) is 0. The number of hydrogen-bond donors (Lipinski definition) is 1. The second kappa shape index (κ2) is 4.83. The largest absolute Gasteiger partial charge is 0.313 e. The van der Waals surface area contributed by atoms with E-state index >= 15 is 0 Å². The highest BCUT2D eigenvalue weighted by Crippen LogP contribution is 2.11. The molecule has 13 heavy (non-hydrogen) atoms. The molecule has 1 rings (SSSR count). The number of hydrogen-bond acceptors (Lipinski definition) is 1. The third-order valence-corrected chi connectivity index (χ3v) is 2.03. The third kappa shape index (κ3) is 3.03. The molecule has 0 heterocycles. The molecule has 70 valence electrons. The van der Waals surface area contributed by atoms with Crippen LogP contribution in [0.3, 0.4) is 0 Å². The Labute approximate surface area is 80.5 Å². The van der Waals surface area contributed by atoms with E-state index in [1.807, 2.05) is 6.92 Å². The summed E-state index contributed by atoms with van der Waals surface area (Å²) in [4.78, 5) is 0. The van der Waals surface area contributed by atoms with E-state index in [2.05, 4.69) is 43.1 Å². The monoisotopic (exact) mass is 175 g/mol. The van der Waals surface area contributed by atoms with E-state index in [-0.39, 0.29) is 0 Å². The first-order valence-electron chi connectivity index (χ1n) is 4.69. The van der Waals surface area contributed by atoms with Crippen molar-refractivity contribution in [1.29, 1.82) is 0 Å². The molecule has 1 aromatic carbocycles. The summed E-state index contributed by atoms with van der Waals surface area (Å²) in [5, 5.41) is 3.29. The summed E-state index contributed by atoms with van der Waals surface area (Å²) < 4.78 is 0. The van der Waals surface area contributed by atoms with Crippen LogP contribution in [0.1, 0.15) is 25.0 Å². The zero-order valence-corrected chi connectivity index (χ0v) is 8.43. The minimum atomic E-state index is 0.951. The van der Waals surface area contributed by atoms with Crippen LogP contribution in [-0.4, -0.2) is 6.54 Å². The van der Waals surface area contributed by atoms with Gasteiger partial charge in [0.1, 0.15) is 0 Å². The number of nitrogens with one attached hydrogen (secondary N) is 1. The highest BCUT2D eigenvalue weighted by Gasteiger charge is 1.93. The lowest BCUT2D eigenvalue weighted by Crippen LogP contribution is -2.11. The Morgan fingerprint density at radius 1 is 1.31 bits per heavy atom. The summed E-state index contributed by atoms with van der Waals surface area (Å²) in [6, 6.07) is 8.53. The van der Waals surface area contributed by atoms with Gasteiger partial charge in [0.25, 0.3) is 0 Å². The average Bonchev–Trinajstić information content (AvgIpc) is 2.15. The lowest BCUT2D eigenvalue weighted by molar-refractivity contribution is 0.727. The van der Waals surface area contributed by atoms with Crippen molar-refractivity contribution in [2.45, 2.75) is 20.4 Å². The molecular weight excluding hydrogens is 158 g/mol. The quantitative estimate of drug-likeness (QED) is 0.742. The van der Waals surface area contributed by atoms with E-state index in [0.29, 0.717) is 0 Å². The van der Waals surface area contributed by atoms with Gasteiger partial charge in [0.2, 0.25) is 0 Å². The molecular formula is C12H17N. The van der Waals surface area contributed by atoms with Crippen LogP contribution in [0.4, 0.5) is 0 Å². The molecule has 1 aromatic rings. The molecule has 0 atom stereocenters. The molecule has 1 N–H and O–H groups in total. The van der Waals surface area contributed by atoms with Gasteiger partial charge in [-0.15, -0.1) is 0 Å². The summed E-state index contributed by atoms with van der Waals surface area (Å²) >= 11 is 0. The van der Waals surface area contributed by atoms with Crippen molar-refractivity contribution in [1.82, 2.24) is 5.32 Å². The summed E-state index contributed by atoms with van der Waals surface area (Å²) in [6.07, 6.45) is 0. The molecule has 0 saturated heterocycles. The minimum absolute atomic E-state index is 0.951. The van der Waals surface area contributed by atoms with E-state index < -0.39 is 0 Å². The van der Waals surface area contributed by atoms with Gasteiger partial charge < -0.3 is 5.32 Å². The van der Waals surface area contributed by atoms with Gasteiger partial charge in [-0.05, 0) is 24.6 Å². The minimum Gasteiger partial charge on any atom is -0.313 e. The fraction of sp³-hybridized carbons (Fsp3) is 0.333. The number of benzene rings is 1. The molecule has 0 aliphatic heterocycles. The molecule has 0 saturated carbocycles. The average molecular weight is 175 g/mol. The molecule has 0 fully saturated rings. The van der Waals surface area contributed by atoms with Crippen LogP contribution < -0.4 is 5.32 Å². The van der Waals surface area contributed by atoms with Gasteiger partial charge in [0.05, 0.1) is 0 Å². The van der Waals surface area contributed by atoms with Gasteiger partial charge in [-0.25, -0.2) is 0 Å². The van der Waals surface area contributed by atoms with E-state index in [0.717, 1.165) is 18.7 Å². The summed E-state index contributed by atoms with van der Waals surface area (Å²) in [7, 11) is 0. The highest BCUT2D eigenvalue weighted by atomic mass is 14.8. The summed E-state index contributed by atoms with van der Waals surface area (Å²) in [5.41, 5.74) is 3.67. The van der Waals surface area contributed by atoms with Crippen LogP contribution in [0.25, 0.3) is 5.57 Å². The zero-order valence-electron chi connectivity index (χ0n) is 8.43. The van der Waals surface area contributed by atoms with Gasteiger partial charge in [-0.2, -0.15) is 0 Å². The predicted molar refractivity (Wildman–Crippen MR) is 58.5 cm³/mol. The third-order valence-electron chi connectivity index (χ3n) is 2.03. The Bertz CT molecular complexity index is 272. The predicted octanol–water partition coefficient (Wildman–Crippen LogP) is 2.83. The van der Waals surface area contributed by atoms with Crippen LogP contribution in [0, 0.1) is 0 Å². The van der Waals surface area contributed by atoms with Gasteiger partial charge in [-0.3, -0.25) is 0 Å². The maximum atomic E-state index is 3.90. The van der Waals surface area contributed by atoms with Crippen molar-refractivity contribution in [3.05, 3.63) is 42.0 Å². The standard InChI is InChI=1S/C12H17N/c1-4-13-9-11-5-7-12(8-6-11)10(2)3/h5-8,13H,2,4,9H2,1,3H3. The van der Waals surface area contributed by atoms with Crippen molar-refractivity contribution in [2.75, 3.05) is 6.54 Å². The van der Waals surface area contributed by atoms with Crippen LogP contribution in [-0.2, 0) is 6.54 Å². The molecule has 0 aliphatic carbocycles. The highest BCUT2D eigenvalue weighted by molar-refractivity contribution is 5.61. The van der Waals surface area contributed by atoms with E-state index in [1.54, 1.807) is 0 Å². The normalized spacial score (nSPS) is 10.0. The fourth-order valence-electron chi connectivity index (χ4n) is 1.18. The van der Waals surface area contributed by atoms with Crippen molar-refractivity contribution >= 4 is 5.57 Å². The van der Waals surface area contributed by atoms with Crippen LogP contribution in [0.15, 0.2) is 30.8 Å². The van der Waals surface area contributed by atoms with Gasteiger partial charge in [-0.1, -0.05) is 43.3 Å². The first kappa shape index (κ1) is 10.0. The zero-order chi connectivity index (χ0) is 9.68.